The smallest absolute Gasteiger partial charge is 0.394 e. The Hall–Kier alpha value is -2.72. The van der Waals surface area contributed by atoms with Crippen LogP contribution >= 0.6 is 0 Å². The van der Waals surface area contributed by atoms with E-state index in [1.807, 2.05) is 0 Å². The quantitative estimate of drug-likeness (QED) is 0.864. The Balaban J connectivity index is 1.89. The van der Waals surface area contributed by atoms with E-state index in [1.54, 1.807) is 13.0 Å². The van der Waals surface area contributed by atoms with E-state index in [0.29, 0.717) is 5.69 Å². The zero-order chi connectivity index (χ0) is 17.6. The fraction of sp³-hybridized carbons (Fsp3) is 0.462. The largest absolute Gasteiger partial charge is 0.481 e. The second-order valence-corrected chi connectivity index (χ2v) is 5.54. The summed E-state index contributed by atoms with van der Waals surface area (Å²) in [6.07, 6.45) is -3.24. The van der Waals surface area contributed by atoms with E-state index in [2.05, 4.69) is 15.1 Å². The number of carboxylic acids is 1. The van der Waals surface area contributed by atoms with Gasteiger partial charge in [0.25, 0.3) is 11.7 Å². The van der Waals surface area contributed by atoms with Gasteiger partial charge in [0.2, 0.25) is 5.82 Å². The van der Waals surface area contributed by atoms with Gasteiger partial charge >= 0.3 is 12.1 Å². The van der Waals surface area contributed by atoms with E-state index in [-0.39, 0.29) is 11.6 Å². The van der Waals surface area contributed by atoms with Gasteiger partial charge in [-0.1, -0.05) is 0 Å². The third-order valence-electron chi connectivity index (χ3n) is 3.97. The van der Waals surface area contributed by atoms with Crippen LogP contribution in [-0.4, -0.2) is 60.7 Å². The lowest BCUT2D eigenvalue weighted by Gasteiger charge is -2.17. The van der Waals surface area contributed by atoms with Gasteiger partial charge in [0.1, 0.15) is 0 Å². The van der Waals surface area contributed by atoms with Crippen molar-refractivity contribution in [3.05, 3.63) is 23.8 Å². The molecule has 128 valence electrons. The first-order valence-electron chi connectivity index (χ1n) is 6.95. The van der Waals surface area contributed by atoms with Crippen molar-refractivity contribution in [2.45, 2.75) is 13.1 Å². The number of hydrogen-bond donors (Lipinski definition) is 1. The topological polar surface area (TPSA) is 101 Å². The number of aromatic nitrogens is 4. The molecule has 1 saturated heterocycles. The molecule has 0 saturated carbocycles. The number of likely N-dealkylation sites (tertiary alicyclic amines) is 1. The van der Waals surface area contributed by atoms with E-state index in [0.717, 1.165) is 4.90 Å². The van der Waals surface area contributed by atoms with Crippen LogP contribution in [0.5, 0.6) is 0 Å². The average Bonchev–Trinajstić information content (AvgIpc) is 3.11. The second-order valence-electron chi connectivity index (χ2n) is 5.54. The summed E-state index contributed by atoms with van der Waals surface area (Å²) >= 11 is 0. The van der Waals surface area contributed by atoms with Crippen molar-refractivity contribution in [2.75, 3.05) is 13.1 Å². The molecule has 0 aromatic carbocycles. The minimum absolute atomic E-state index is 0.139. The molecule has 1 amide bonds. The number of carbonyl (C=O) groups is 2. The number of halogens is 3. The van der Waals surface area contributed by atoms with E-state index in [1.165, 1.54) is 10.7 Å². The molecule has 3 heterocycles. The fourth-order valence-electron chi connectivity index (χ4n) is 2.69. The van der Waals surface area contributed by atoms with Crippen molar-refractivity contribution >= 4 is 17.7 Å². The van der Waals surface area contributed by atoms with Crippen LogP contribution in [0.1, 0.15) is 16.3 Å². The number of rotatable bonds is 2. The molecule has 2 aromatic heterocycles. The summed E-state index contributed by atoms with van der Waals surface area (Å²) in [4.78, 5) is 32.1. The number of nitrogens with zero attached hydrogens (tertiary/aromatic N) is 5. The summed E-state index contributed by atoms with van der Waals surface area (Å²) in [6, 6.07) is 1.63. The molecular weight excluding hydrogens is 331 g/mol. The first-order chi connectivity index (χ1) is 11.2. The minimum atomic E-state index is -4.71. The van der Waals surface area contributed by atoms with Crippen molar-refractivity contribution in [3.8, 4) is 0 Å². The highest BCUT2D eigenvalue weighted by molar-refractivity contribution is 5.91. The van der Waals surface area contributed by atoms with Crippen molar-refractivity contribution < 1.29 is 27.9 Å². The fourth-order valence-corrected chi connectivity index (χ4v) is 2.69. The van der Waals surface area contributed by atoms with Crippen molar-refractivity contribution in [2.24, 2.45) is 11.8 Å². The minimum Gasteiger partial charge on any atom is -0.481 e. The SMILES string of the molecule is Cc1ccnc2nc(C(=O)N3C[C@@H](C(F)(F)F)[C@H](C(=O)O)C3)nn12. The summed E-state index contributed by atoms with van der Waals surface area (Å²) in [6.45, 7) is 0.426. The zero-order valence-electron chi connectivity index (χ0n) is 12.4. The maximum absolute atomic E-state index is 13.0. The van der Waals surface area contributed by atoms with Crippen LogP contribution in [0.3, 0.4) is 0 Å². The number of carbonyl (C=O) groups excluding carboxylic acids is 1. The van der Waals surface area contributed by atoms with Gasteiger partial charge < -0.3 is 10.0 Å². The number of carboxylic acid groups (broad SMARTS) is 1. The van der Waals surface area contributed by atoms with Crippen molar-refractivity contribution in [1.29, 1.82) is 0 Å². The lowest BCUT2D eigenvalue weighted by Crippen LogP contribution is -2.34. The number of alkyl halides is 3. The predicted octanol–water partition coefficient (Wildman–Crippen LogP) is 0.768. The molecule has 0 unspecified atom stereocenters. The molecule has 1 fully saturated rings. The lowest BCUT2D eigenvalue weighted by molar-refractivity contribution is -0.187. The van der Waals surface area contributed by atoms with Gasteiger partial charge in [-0.25, -0.2) is 9.50 Å². The highest BCUT2D eigenvalue weighted by atomic mass is 19.4. The molecule has 0 radical (unpaired) electrons. The predicted molar refractivity (Wildman–Crippen MR) is 72.1 cm³/mol. The van der Waals surface area contributed by atoms with Crippen LogP contribution in [-0.2, 0) is 4.79 Å². The molecule has 2 atom stereocenters. The molecule has 24 heavy (non-hydrogen) atoms. The van der Waals surface area contributed by atoms with E-state index in [4.69, 9.17) is 5.11 Å². The third kappa shape index (κ3) is 2.65. The van der Waals surface area contributed by atoms with Gasteiger partial charge in [0, 0.05) is 25.0 Å². The molecular formula is C13H12F3N5O3. The summed E-state index contributed by atoms with van der Waals surface area (Å²) in [7, 11) is 0. The van der Waals surface area contributed by atoms with Crippen LogP contribution in [0.2, 0.25) is 0 Å². The first kappa shape index (κ1) is 16.1. The average molecular weight is 343 g/mol. The van der Waals surface area contributed by atoms with E-state index < -0.39 is 43.0 Å². The first-order valence-corrected chi connectivity index (χ1v) is 6.95. The number of hydrogen-bond acceptors (Lipinski definition) is 5. The highest BCUT2D eigenvalue weighted by Crippen LogP contribution is 2.38. The van der Waals surface area contributed by atoms with E-state index >= 15 is 0 Å². The Bertz CT molecular complexity index is 819. The van der Waals surface area contributed by atoms with Gasteiger partial charge in [-0.15, -0.1) is 5.10 Å². The molecule has 11 heteroatoms. The maximum atomic E-state index is 13.0. The van der Waals surface area contributed by atoms with Crippen LogP contribution in [0.4, 0.5) is 13.2 Å². The van der Waals surface area contributed by atoms with Gasteiger partial charge in [-0.2, -0.15) is 18.2 Å². The Morgan fingerprint density at radius 3 is 2.58 bits per heavy atom. The Morgan fingerprint density at radius 2 is 2.04 bits per heavy atom. The van der Waals surface area contributed by atoms with Crippen molar-refractivity contribution in [3.63, 3.8) is 0 Å². The molecule has 0 aliphatic carbocycles. The van der Waals surface area contributed by atoms with Crippen LogP contribution in [0.25, 0.3) is 5.78 Å². The van der Waals surface area contributed by atoms with Crippen LogP contribution < -0.4 is 0 Å². The standard InChI is InChI=1S/C13H12F3N5O3/c1-6-2-3-17-12-18-9(19-21(6)12)10(22)20-4-7(11(23)24)8(5-20)13(14,15)16/h2-3,7-8H,4-5H2,1H3,(H,23,24)/t7-,8-/m1/s1. The maximum Gasteiger partial charge on any atom is 0.394 e. The second kappa shape index (κ2) is 5.42. The van der Waals surface area contributed by atoms with Crippen LogP contribution in [0, 0.1) is 18.8 Å². The number of aryl methyl sites for hydroxylation is 1. The number of amides is 1. The van der Waals surface area contributed by atoms with Gasteiger partial charge in [-0.05, 0) is 13.0 Å². The monoisotopic (exact) mass is 343 g/mol. The summed E-state index contributed by atoms with van der Waals surface area (Å²) < 4.78 is 40.2. The Morgan fingerprint density at radius 1 is 1.33 bits per heavy atom. The number of fused-ring (bicyclic) bond motifs is 1. The molecule has 3 rings (SSSR count). The Kier molecular flexibility index (Phi) is 3.65. The van der Waals surface area contributed by atoms with Gasteiger partial charge in [0.15, 0.2) is 0 Å². The van der Waals surface area contributed by atoms with E-state index in [9.17, 15) is 22.8 Å². The van der Waals surface area contributed by atoms with Gasteiger partial charge in [0.05, 0.1) is 11.8 Å². The summed E-state index contributed by atoms with van der Waals surface area (Å²) in [5.41, 5.74) is 0.643. The molecule has 1 aliphatic heterocycles. The molecule has 0 bridgehead atoms. The van der Waals surface area contributed by atoms with Crippen molar-refractivity contribution in [1.82, 2.24) is 24.5 Å². The van der Waals surface area contributed by atoms with Crippen LogP contribution in [0.15, 0.2) is 12.3 Å². The normalized spacial score (nSPS) is 21.4. The lowest BCUT2D eigenvalue weighted by atomic mass is 9.96. The molecule has 1 N–H and O–H groups in total. The Labute approximate surface area is 132 Å². The summed E-state index contributed by atoms with van der Waals surface area (Å²) in [5.74, 6) is -6.43. The highest BCUT2D eigenvalue weighted by Gasteiger charge is 2.53. The molecule has 2 aromatic rings. The number of aliphatic carboxylic acids is 1. The summed E-state index contributed by atoms with van der Waals surface area (Å²) in [5, 5.41) is 12.9. The third-order valence-corrected chi connectivity index (χ3v) is 3.97. The zero-order valence-corrected chi connectivity index (χ0v) is 12.4. The molecule has 8 nitrogen and oxygen atoms in total. The molecule has 1 aliphatic rings. The van der Waals surface area contributed by atoms with Gasteiger partial charge in [-0.3, -0.25) is 9.59 Å². The molecule has 0 spiro atoms.